The van der Waals surface area contributed by atoms with Gasteiger partial charge in [-0.2, -0.15) is 0 Å². The quantitative estimate of drug-likeness (QED) is 0.774. The molecule has 8 nitrogen and oxygen atoms in total. The summed E-state index contributed by atoms with van der Waals surface area (Å²) in [5.74, 6) is 1.07. The summed E-state index contributed by atoms with van der Waals surface area (Å²) in [6, 6.07) is 7.98. The van der Waals surface area contributed by atoms with Crippen LogP contribution in [0.5, 0.6) is 23.0 Å². The molecular formula is C19H22N2O6. The van der Waals surface area contributed by atoms with Gasteiger partial charge in [0.15, 0.2) is 11.5 Å². The third-order valence-corrected chi connectivity index (χ3v) is 3.69. The number of nitrogens with one attached hydrogen (secondary N) is 2. The zero-order valence-corrected chi connectivity index (χ0v) is 15.8. The molecule has 0 aliphatic heterocycles. The van der Waals surface area contributed by atoms with Crippen molar-refractivity contribution >= 4 is 23.2 Å². The molecule has 0 fully saturated rings. The Bertz CT molecular complexity index is 825. The van der Waals surface area contributed by atoms with Crippen LogP contribution in [0.2, 0.25) is 0 Å². The van der Waals surface area contributed by atoms with Gasteiger partial charge >= 0.3 is 0 Å². The van der Waals surface area contributed by atoms with Crippen LogP contribution in [0.4, 0.5) is 11.4 Å². The lowest BCUT2D eigenvalue weighted by Crippen LogP contribution is -2.14. The van der Waals surface area contributed by atoms with Gasteiger partial charge in [-0.25, -0.2) is 0 Å². The Balaban J connectivity index is 2.33. The molecule has 2 N–H and O–H groups in total. The number of hydrogen-bond acceptors (Lipinski definition) is 6. The van der Waals surface area contributed by atoms with Crippen LogP contribution in [-0.2, 0) is 4.79 Å². The van der Waals surface area contributed by atoms with E-state index in [0.29, 0.717) is 39.9 Å². The number of hydrogen-bond donors (Lipinski definition) is 2. The van der Waals surface area contributed by atoms with E-state index in [0.717, 1.165) is 0 Å². The summed E-state index contributed by atoms with van der Waals surface area (Å²) in [7, 11) is 5.97. The highest BCUT2D eigenvalue weighted by Crippen LogP contribution is 2.40. The fourth-order valence-electron chi connectivity index (χ4n) is 2.49. The molecule has 0 aromatic heterocycles. The Hall–Kier alpha value is -3.42. The van der Waals surface area contributed by atoms with Crippen LogP contribution in [0.1, 0.15) is 17.3 Å². The highest BCUT2D eigenvalue weighted by molar-refractivity contribution is 6.06. The van der Waals surface area contributed by atoms with Crippen molar-refractivity contribution < 1.29 is 28.5 Å². The van der Waals surface area contributed by atoms with Crippen LogP contribution >= 0.6 is 0 Å². The zero-order valence-electron chi connectivity index (χ0n) is 15.8. The Kier molecular flexibility index (Phi) is 6.48. The lowest BCUT2D eigenvalue weighted by Gasteiger charge is -2.15. The second-order valence-corrected chi connectivity index (χ2v) is 5.46. The first-order chi connectivity index (χ1) is 12.9. The van der Waals surface area contributed by atoms with Crippen LogP contribution in [0.3, 0.4) is 0 Å². The van der Waals surface area contributed by atoms with Crippen molar-refractivity contribution in [1.29, 1.82) is 0 Å². The molecule has 2 amide bonds. The molecule has 0 saturated heterocycles. The predicted octanol–water partition coefficient (Wildman–Crippen LogP) is 2.93. The minimum atomic E-state index is -0.376. The highest BCUT2D eigenvalue weighted by atomic mass is 16.5. The molecule has 27 heavy (non-hydrogen) atoms. The van der Waals surface area contributed by atoms with Crippen molar-refractivity contribution in [3.05, 3.63) is 35.9 Å². The van der Waals surface area contributed by atoms with E-state index in [1.54, 1.807) is 24.3 Å². The molecule has 2 rings (SSSR count). The normalized spacial score (nSPS) is 9.96. The van der Waals surface area contributed by atoms with E-state index in [2.05, 4.69) is 10.6 Å². The van der Waals surface area contributed by atoms with Crippen molar-refractivity contribution in [2.45, 2.75) is 6.92 Å². The third-order valence-electron chi connectivity index (χ3n) is 3.69. The Morgan fingerprint density at radius 2 is 1.37 bits per heavy atom. The van der Waals surface area contributed by atoms with Gasteiger partial charge in [0.1, 0.15) is 5.75 Å². The summed E-state index contributed by atoms with van der Waals surface area (Å²) in [4.78, 5) is 24.0. The SMILES string of the molecule is COc1ccc(C(=O)Nc2cc(OC)c(OC)c(OC)c2)cc1NC(C)=O. The molecule has 0 saturated carbocycles. The summed E-state index contributed by atoms with van der Waals surface area (Å²) in [5.41, 5.74) is 1.21. The lowest BCUT2D eigenvalue weighted by atomic mass is 10.1. The summed E-state index contributed by atoms with van der Waals surface area (Å²) in [6.45, 7) is 1.38. The standard InChI is InChI=1S/C19H22N2O6/c1-11(22)20-14-8-12(6-7-15(14)24-2)19(23)21-13-9-16(25-3)18(27-5)17(10-13)26-4/h6-10H,1-5H3,(H,20,22)(H,21,23). The Morgan fingerprint density at radius 1 is 0.778 bits per heavy atom. The van der Waals surface area contributed by atoms with Crippen molar-refractivity contribution in [3.63, 3.8) is 0 Å². The molecule has 0 aliphatic carbocycles. The van der Waals surface area contributed by atoms with Gasteiger partial charge in [-0.3, -0.25) is 9.59 Å². The maximum absolute atomic E-state index is 12.6. The summed E-state index contributed by atoms with van der Waals surface area (Å²) >= 11 is 0. The van der Waals surface area contributed by atoms with Crippen LogP contribution < -0.4 is 29.6 Å². The van der Waals surface area contributed by atoms with E-state index in [9.17, 15) is 9.59 Å². The molecule has 0 radical (unpaired) electrons. The van der Waals surface area contributed by atoms with Crippen molar-refractivity contribution in [2.24, 2.45) is 0 Å². The number of rotatable bonds is 7. The minimum absolute atomic E-state index is 0.268. The third kappa shape index (κ3) is 4.60. The lowest BCUT2D eigenvalue weighted by molar-refractivity contribution is -0.114. The van der Waals surface area contributed by atoms with Gasteiger partial charge in [0.25, 0.3) is 5.91 Å². The largest absolute Gasteiger partial charge is 0.495 e. The number of carbonyl (C=O) groups is 2. The van der Waals surface area contributed by atoms with Crippen LogP contribution in [-0.4, -0.2) is 40.3 Å². The molecule has 0 aliphatic rings. The molecule has 0 heterocycles. The molecule has 0 atom stereocenters. The number of carbonyl (C=O) groups excluding carboxylic acids is 2. The van der Waals surface area contributed by atoms with Crippen LogP contribution in [0.25, 0.3) is 0 Å². The van der Waals surface area contributed by atoms with Crippen molar-refractivity contribution in [2.75, 3.05) is 39.1 Å². The van der Waals surface area contributed by atoms with Gasteiger partial charge in [0.05, 0.1) is 34.1 Å². The average Bonchev–Trinajstić information content (AvgIpc) is 2.66. The first kappa shape index (κ1) is 19.9. The molecule has 0 bridgehead atoms. The number of anilines is 2. The molecule has 0 spiro atoms. The molecule has 0 unspecified atom stereocenters. The van der Waals surface area contributed by atoms with E-state index in [-0.39, 0.29) is 11.8 Å². The molecule has 8 heteroatoms. The maximum atomic E-state index is 12.6. The van der Waals surface area contributed by atoms with E-state index < -0.39 is 0 Å². The first-order valence-corrected chi connectivity index (χ1v) is 8.00. The number of methoxy groups -OCH3 is 4. The van der Waals surface area contributed by atoms with Gasteiger partial charge in [0.2, 0.25) is 11.7 Å². The van der Waals surface area contributed by atoms with Crippen LogP contribution in [0, 0.1) is 0 Å². The van der Waals surface area contributed by atoms with E-state index >= 15 is 0 Å². The number of benzene rings is 2. The van der Waals surface area contributed by atoms with Gasteiger partial charge in [-0.15, -0.1) is 0 Å². The van der Waals surface area contributed by atoms with Crippen molar-refractivity contribution in [1.82, 2.24) is 0 Å². The van der Waals surface area contributed by atoms with Crippen molar-refractivity contribution in [3.8, 4) is 23.0 Å². The maximum Gasteiger partial charge on any atom is 0.255 e. The minimum Gasteiger partial charge on any atom is -0.495 e. The van der Waals surface area contributed by atoms with E-state index in [4.69, 9.17) is 18.9 Å². The summed E-state index contributed by atoms with van der Waals surface area (Å²) in [5, 5.41) is 5.40. The van der Waals surface area contributed by atoms with E-state index in [1.165, 1.54) is 41.4 Å². The molecule has 2 aromatic rings. The predicted molar refractivity (Wildman–Crippen MR) is 101 cm³/mol. The smallest absolute Gasteiger partial charge is 0.255 e. The fourth-order valence-corrected chi connectivity index (χ4v) is 2.49. The number of amides is 2. The Morgan fingerprint density at radius 3 is 1.85 bits per heavy atom. The topological polar surface area (TPSA) is 95.1 Å². The second-order valence-electron chi connectivity index (χ2n) is 5.46. The molecular weight excluding hydrogens is 352 g/mol. The monoisotopic (exact) mass is 374 g/mol. The van der Waals surface area contributed by atoms with Crippen LogP contribution in [0.15, 0.2) is 30.3 Å². The zero-order chi connectivity index (χ0) is 20.0. The first-order valence-electron chi connectivity index (χ1n) is 8.00. The second kappa shape index (κ2) is 8.79. The fraction of sp³-hybridized carbons (Fsp3) is 0.263. The van der Waals surface area contributed by atoms with Gasteiger partial charge in [-0.1, -0.05) is 0 Å². The highest BCUT2D eigenvalue weighted by Gasteiger charge is 2.16. The molecule has 2 aromatic carbocycles. The molecule has 144 valence electrons. The number of ether oxygens (including phenoxy) is 4. The Labute approximate surface area is 157 Å². The van der Waals surface area contributed by atoms with Gasteiger partial charge in [0, 0.05) is 30.3 Å². The van der Waals surface area contributed by atoms with Gasteiger partial charge < -0.3 is 29.6 Å². The summed E-state index contributed by atoms with van der Waals surface area (Å²) in [6.07, 6.45) is 0. The van der Waals surface area contributed by atoms with E-state index in [1.807, 2.05) is 0 Å². The summed E-state index contributed by atoms with van der Waals surface area (Å²) < 4.78 is 21.0. The average molecular weight is 374 g/mol. The van der Waals surface area contributed by atoms with Gasteiger partial charge in [-0.05, 0) is 18.2 Å².